The molecular formula is C15H16Au+. The maximum Gasteiger partial charge on any atom is 1.00 e. The minimum absolute atomic E-state index is 0. The Kier molecular flexibility index (Phi) is 3.25. The van der Waals surface area contributed by atoms with Gasteiger partial charge in [-0.2, -0.15) is 5.57 Å². The van der Waals surface area contributed by atoms with Crippen LogP contribution in [0.15, 0.2) is 35.9 Å². The summed E-state index contributed by atoms with van der Waals surface area (Å²) in [6.45, 7) is 2.40. The molecule has 0 amide bonds. The van der Waals surface area contributed by atoms with Crippen LogP contribution in [-0.4, -0.2) is 0 Å². The van der Waals surface area contributed by atoms with E-state index >= 15 is 0 Å². The Morgan fingerprint density at radius 3 is 2.62 bits per heavy atom. The number of benzene rings is 1. The fourth-order valence-corrected chi connectivity index (χ4v) is 2.79. The largest absolute Gasteiger partial charge is 1.00 e. The first-order valence-electron chi connectivity index (χ1n) is 5.75. The van der Waals surface area contributed by atoms with Crippen molar-refractivity contribution in [1.82, 2.24) is 0 Å². The summed E-state index contributed by atoms with van der Waals surface area (Å²) in [4.78, 5) is 0. The second kappa shape index (κ2) is 4.37. The van der Waals surface area contributed by atoms with E-state index in [4.69, 9.17) is 0 Å². The first kappa shape index (κ1) is 11.9. The van der Waals surface area contributed by atoms with E-state index in [2.05, 4.69) is 50.1 Å². The average Bonchev–Trinajstić information content (AvgIpc) is 2.26. The van der Waals surface area contributed by atoms with E-state index in [1.54, 1.807) is 5.57 Å². The Balaban J connectivity index is 0.000000963. The monoisotopic (exact) mass is 393 g/mol. The van der Waals surface area contributed by atoms with Crippen LogP contribution in [0.5, 0.6) is 0 Å². The van der Waals surface area contributed by atoms with Crippen LogP contribution in [0, 0.1) is 18.3 Å². The molecule has 1 aromatic rings. The molecule has 3 rings (SSSR count). The van der Waals surface area contributed by atoms with Gasteiger partial charge in [0, 0.05) is 6.42 Å². The molecule has 0 bridgehead atoms. The fourth-order valence-electron chi connectivity index (χ4n) is 2.79. The van der Waals surface area contributed by atoms with Gasteiger partial charge in [0.15, 0.2) is 0 Å². The molecule has 1 heteroatoms. The maximum atomic E-state index is 2.40. The van der Waals surface area contributed by atoms with Crippen molar-refractivity contribution in [2.45, 2.75) is 26.2 Å². The van der Waals surface area contributed by atoms with Crippen LogP contribution in [0.2, 0.25) is 0 Å². The topological polar surface area (TPSA) is 0 Å². The van der Waals surface area contributed by atoms with Gasteiger partial charge in [0.25, 0.3) is 0 Å². The zero-order valence-corrected chi connectivity index (χ0v) is 11.6. The van der Waals surface area contributed by atoms with E-state index in [0.717, 1.165) is 0 Å². The average molecular weight is 393 g/mol. The van der Waals surface area contributed by atoms with Crippen LogP contribution in [0.1, 0.15) is 31.7 Å². The van der Waals surface area contributed by atoms with Crippen molar-refractivity contribution >= 4 is 5.57 Å². The third-order valence-corrected chi connectivity index (χ3v) is 3.92. The van der Waals surface area contributed by atoms with Gasteiger partial charge in [0.2, 0.25) is 0 Å². The van der Waals surface area contributed by atoms with Gasteiger partial charge in [-0.3, -0.25) is 0 Å². The van der Waals surface area contributed by atoms with Crippen LogP contribution in [-0.2, 0) is 22.4 Å². The summed E-state index contributed by atoms with van der Waals surface area (Å²) in [7, 11) is 0. The van der Waals surface area contributed by atoms with E-state index in [0.29, 0.717) is 5.41 Å². The van der Waals surface area contributed by atoms with Crippen LogP contribution in [0.4, 0.5) is 0 Å². The summed E-state index contributed by atoms with van der Waals surface area (Å²) in [6.07, 6.45) is 8.54. The molecule has 0 heterocycles. The van der Waals surface area contributed by atoms with Crippen molar-refractivity contribution in [2.75, 3.05) is 0 Å². The maximum absolute atomic E-state index is 2.40. The summed E-state index contributed by atoms with van der Waals surface area (Å²) < 4.78 is 0. The predicted octanol–water partition coefficient (Wildman–Crippen LogP) is 4.05. The molecular weight excluding hydrogens is 377 g/mol. The predicted molar refractivity (Wildman–Crippen MR) is 63.9 cm³/mol. The first-order chi connectivity index (χ1) is 7.30. The molecule has 1 fully saturated rings. The third-order valence-electron chi connectivity index (χ3n) is 3.92. The molecule has 0 radical (unpaired) electrons. The molecule has 0 N–H and O–H groups in total. The Morgan fingerprint density at radius 1 is 1.25 bits per heavy atom. The number of allylic oxidation sites excluding steroid dienone is 2. The minimum Gasteiger partial charge on any atom is -0.155 e. The van der Waals surface area contributed by atoms with E-state index in [1.807, 2.05) is 0 Å². The first-order valence-corrected chi connectivity index (χ1v) is 5.75. The molecule has 16 heavy (non-hydrogen) atoms. The van der Waals surface area contributed by atoms with E-state index in [1.165, 1.54) is 30.4 Å². The van der Waals surface area contributed by atoms with E-state index in [-0.39, 0.29) is 22.4 Å². The van der Waals surface area contributed by atoms with Crippen LogP contribution < -0.4 is 0 Å². The number of rotatable bonds is 1. The molecule has 0 aliphatic heterocycles. The van der Waals surface area contributed by atoms with Gasteiger partial charge in [0.05, 0.1) is 6.42 Å². The van der Waals surface area contributed by atoms with E-state index in [9.17, 15) is 0 Å². The molecule has 0 nitrogen and oxygen atoms in total. The van der Waals surface area contributed by atoms with Crippen molar-refractivity contribution in [2.24, 2.45) is 5.41 Å². The number of hydrogen-bond donors (Lipinski definition) is 0. The molecule has 1 saturated carbocycles. The molecule has 0 saturated heterocycles. The van der Waals surface area contributed by atoms with Crippen LogP contribution in [0.25, 0.3) is 5.57 Å². The minimum atomic E-state index is 0. The molecule has 2 aliphatic carbocycles. The molecule has 0 spiro atoms. The van der Waals surface area contributed by atoms with Crippen LogP contribution >= 0.6 is 0 Å². The number of fused-ring (bicyclic) bond motifs is 1. The second-order valence-electron chi connectivity index (χ2n) is 4.93. The molecule has 2 aliphatic rings. The standard InChI is InChI=1S/C15H16.Au/c1-15-10-5-8-13(14(15)9-11-15)12-6-3-2-4-7-12;/h2-8H,9-11H2,1H3;/q;+1. The quantitative estimate of drug-likeness (QED) is 0.499. The normalized spacial score (nSPS) is 26.8. The molecule has 1 unspecified atom stereocenters. The summed E-state index contributed by atoms with van der Waals surface area (Å²) in [6, 6.07) is 10.8. The third kappa shape index (κ3) is 1.75. The van der Waals surface area contributed by atoms with Crippen LogP contribution in [0.3, 0.4) is 0 Å². The zero-order valence-electron chi connectivity index (χ0n) is 9.46. The summed E-state index contributed by atoms with van der Waals surface area (Å²) in [5, 5.41) is 0. The zero-order chi connectivity index (χ0) is 10.3. The molecule has 1 aromatic carbocycles. The van der Waals surface area contributed by atoms with Crippen molar-refractivity contribution in [3.8, 4) is 0 Å². The summed E-state index contributed by atoms with van der Waals surface area (Å²) >= 11 is 0. The summed E-state index contributed by atoms with van der Waals surface area (Å²) in [5.74, 6) is 0. The Hall–Kier alpha value is -0.560. The smallest absolute Gasteiger partial charge is 0.155 e. The van der Waals surface area contributed by atoms with Gasteiger partial charge in [-0.15, -0.1) is 23.3 Å². The van der Waals surface area contributed by atoms with Gasteiger partial charge in [-0.25, -0.2) is 0 Å². The Morgan fingerprint density at radius 2 is 2.00 bits per heavy atom. The van der Waals surface area contributed by atoms with Gasteiger partial charge in [-0.05, 0) is 11.8 Å². The van der Waals surface area contributed by atoms with Gasteiger partial charge < -0.3 is 0 Å². The second-order valence-corrected chi connectivity index (χ2v) is 4.93. The fraction of sp³-hybridized carbons (Fsp3) is 0.333. The summed E-state index contributed by atoms with van der Waals surface area (Å²) in [5.41, 5.74) is 5.03. The van der Waals surface area contributed by atoms with Crippen molar-refractivity contribution < 1.29 is 22.4 Å². The molecule has 1 atom stereocenters. The molecule has 86 valence electrons. The van der Waals surface area contributed by atoms with Crippen molar-refractivity contribution in [3.05, 3.63) is 54.3 Å². The van der Waals surface area contributed by atoms with Crippen molar-refractivity contribution in [1.29, 1.82) is 0 Å². The Bertz CT molecular complexity index is 405. The van der Waals surface area contributed by atoms with Gasteiger partial charge in [-0.1, -0.05) is 38.0 Å². The Labute approximate surface area is 114 Å². The molecule has 0 aromatic heterocycles. The SMILES string of the molecule is CC12C[CH+][CH-]C(c3ccccc3)=C1CC2.[Au+]. The number of hydrogen-bond acceptors (Lipinski definition) is 0. The van der Waals surface area contributed by atoms with Gasteiger partial charge >= 0.3 is 22.4 Å². The van der Waals surface area contributed by atoms with E-state index < -0.39 is 0 Å². The van der Waals surface area contributed by atoms with Crippen molar-refractivity contribution in [3.63, 3.8) is 0 Å². The van der Waals surface area contributed by atoms with Gasteiger partial charge in [0.1, 0.15) is 0 Å².